The molecule has 4 rings (SSSR count). The van der Waals surface area contributed by atoms with Crippen LogP contribution in [0.4, 0.5) is 0 Å². The highest BCUT2D eigenvalue weighted by Crippen LogP contribution is 2.22. The lowest BCUT2D eigenvalue weighted by Gasteiger charge is -2.30. The van der Waals surface area contributed by atoms with Crippen molar-refractivity contribution in [1.82, 2.24) is 20.4 Å². The predicted octanol–water partition coefficient (Wildman–Crippen LogP) is 4.63. The zero-order valence-corrected chi connectivity index (χ0v) is 19.4. The van der Waals surface area contributed by atoms with Crippen LogP contribution in [0.2, 0.25) is 5.02 Å². The van der Waals surface area contributed by atoms with Gasteiger partial charge in [-0.2, -0.15) is 16.7 Å². The summed E-state index contributed by atoms with van der Waals surface area (Å²) >= 11 is 7.86. The Hall–Kier alpha value is -2.29. The third-order valence-electron chi connectivity index (χ3n) is 5.46. The second kappa shape index (κ2) is 11.5. The van der Waals surface area contributed by atoms with Gasteiger partial charge in [-0.3, -0.25) is 9.69 Å². The van der Waals surface area contributed by atoms with Crippen molar-refractivity contribution in [3.05, 3.63) is 59.3 Å². The number of halogens is 1. The van der Waals surface area contributed by atoms with Crippen molar-refractivity contribution in [2.24, 2.45) is 5.92 Å². The van der Waals surface area contributed by atoms with E-state index in [-0.39, 0.29) is 11.8 Å². The van der Waals surface area contributed by atoms with Crippen LogP contribution < -0.4 is 5.32 Å². The molecular formula is C23H27ClN4O3S. The maximum absolute atomic E-state index is 12.5. The van der Waals surface area contributed by atoms with Crippen LogP contribution in [0.5, 0.6) is 0 Å². The van der Waals surface area contributed by atoms with Crippen LogP contribution in [0, 0.1) is 5.92 Å². The molecule has 1 amide bonds. The van der Waals surface area contributed by atoms with Gasteiger partial charge < -0.3 is 14.3 Å². The molecule has 7 nitrogen and oxygen atoms in total. The Morgan fingerprint density at radius 3 is 2.91 bits per heavy atom. The van der Waals surface area contributed by atoms with Crippen LogP contribution in [0.25, 0.3) is 11.4 Å². The van der Waals surface area contributed by atoms with Crippen LogP contribution in [-0.4, -0.2) is 46.3 Å². The lowest BCUT2D eigenvalue weighted by molar-refractivity contribution is -0.126. The third kappa shape index (κ3) is 6.60. The third-order valence-corrected chi connectivity index (χ3v) is 6.76. The van der Waals surface area contributed by atoms with Gasteiger partial charge in [0, 0.05) is 23.0 Å². The predicted molar refractivity (Wildman–Crippen MR) is 125 cm³/mol. The lowest BCUT2D eigenvalue weighted by atomic mass is 9.96. The molecule has 170 valence electrons. The van der Waals surface area contributed by atoms with Crippen LogP contribution in [0.3, 0.4) is 0 Å². The first-order valence-electron chi connectivity index (χ1n) is 10.9. The molecule has 0 unspecified atom stereocenters. The van der Waals surface area contributed by atoms with E-state index in [1.165, 1.54) is 0 Å². The molecule has 0 atom stereocenters. The van der Waals surface area contributed by atoms with Crippen molar-refractivity contribution in [3.63, 3.8) is 0 Å². The van der Waals surface area contributed by atoms with Gasteiger partial charge in [0.1, 0.15) is 5.76 Å². The quantitative estimate of drug-likeness (QED) is 0.428. The Bertz CT molecular complexity index is 987. The molecule has 3 aromatic rings. The van der Waals surface area contributed by atoms with Gasteiger partial charge in [-0.15, -0.1) is 0 Å². The summed E-state index contributed by atoms with van der Waals surface area (Å²) in [4.78, 5) is 19.2. The van der Waals surface area contributed by atoms with E-state index in [1.54, 1.807) is 6.26 Å². The van der Waals surface area contributed by atoms with Gasteiger partial charge in [-0.1, -0.05) is 28.9 Å². The monoisotopic (exact) mass is 474 g/mol. The molecule has 1 aromatic carbocycles. The first-order chi connectivity index (χ1) is 15.7. The van der Waals surface area contributed by atoms with Crippen molar-refractivity contribution in [2.75, 3.05) is 25.4 Å². The number of amides is 1. The summed E-state index contributed by atoms with van der Waals surface area (Å²) in [6.07, 6.45) is 4.34. The Morgan fingerprint density at radius 2 is 2.12 bits per heavy atom. The van der Waals surface area contributed by atoms with Gasteiger partial charge in [0.2, 0.25) is 17.6 Å². The number of thioether (sulfide) groups is 1. The number of likely N-dealkylation sites (tertiary alicyclic amines) is 1. The van der Waals surface area contributed by atoms with Crippen molar-refractivity contribution in [3.8, 4) is 11.4 Å². The average molecular weight is 475 g/mol. The second-order valence-corrected chi connectivity index (χ2v) is 9.39. The Morgan fingerprint density at radius 1 is 1.25 bits per heavy atom. The minimum atomic E-state index is 0.0757. The number of hydrogen-bond acceptors (Lipinski definition) is 7. The van der Waals surface area contributed by atoms with E-state index in [1.807, 2.05) is 48.2 Å². The standard InChI is InChI=1S/C23H27ClN4O3S/c24-19-5-1-4-18(14-19)22-26-21(31-27-22)15-28-10-7-17(8-11-28)23(29)25-9-3-13-32-16-20-6-2-12-30-20/h1-2,4-6,12,14,17H,3,7-11,13,15-16H2,(H,25,29). The minimum Gasteiger partial charge on any atom is -0.468 e. The van der Waals surface area contributed by atoms with Crippen LogP contribution >= 0.6 is 23.4 Å². The van der Waals surface area contributed by atoms with Crippen LogP contribution in [0.15, 0.2) is 51.6 Å². The zero-order valence-electron chi connectivity index (χ0n) is 17.8. The SMILES string of the molecule is O=C(NCCCSCc1ccco1)C1CCN(Cc2nc(-c3cccc(Cl)c3)no2)CC1. The van der Waals surface area contributed by atoms with Gasteiger partial charge >= 0.3 is 0 Å². The number of carbonyl (C=O) groups excluding carboxylic acids is 1. The number of nitrogens with zero attached hydrogens (tertiary/aromatic N) is 3. The van der Waals surface area contributed by atoms with E-state index in [0.29, 0.717) is 23.3 Å². The fourth-order valence-corrected chi connectivity index (χ4v) is 4.75. The summed E-state index contributed by atoms with van der Waals surface area (Å²) in [7, 11) is 0. The number of nitrogens with one attached hydrogen (secondary N) is 1. The first-order valence-corrected chi connectivity index (χ1v) is 12.4. The molecule has 0 bridgehead atoms. The number of furan rings is 1. The van der Waals surface area contributed by atoms with E-state index >= 15 is 0 Å². The van der Waals surface area contributed by atoms with E-state index in [4.69, 9.17) is 20.5 Å². The van der Waals surface area contributed by atoms with Crippen molar-refractivity contribution >= 4 is 29.3 Å². The van der Waals surface area contributed by atoms with Crippen LogP contribution in [0.1, 0.15) is 30.9 Å². The van der Waals surface area contributed by atoms with Crippen molar-refractivity contribution in [1.29, 1.82) is 0 Å². The van der Waals surface area contributed by atoms with E-state index in [0.717, 1.165) is 61.7 Å². The summed E-state index contributed by atoms with van der Waals surface area (Å²) in [6.45, 7) is 2.99. The Labute approximate surface area is 196 Å². The van der Waals surface area contributed by atoms with Gasteiger partial charge in [-0.25, -0.2) is 0 Å². The molecule has 1 N–H and O–H groups in total. The molecular weight excluding hydrogens is 448 g/mol. The van der Waals surface area contributed by atoms with Gasteiger partial charge in [0.15, 0.2) is 0 Å². The van der Waals surface area contributed by atoms with Crippen molar-refractivity contribution in [2.45, 2.75) is 31.6 Å². The zero-order chi connectivity index (χ0) is 22.2. The van der Waals surface area contributed by atoms with E-state index < -0.39 is 0 Å². The Balaban J connectivity index is 1.12. The molecule has 32 heavy (non-hydrogen) atoms. The fourth-order valence-electron chi connectivity index (χ4n) is 3.71. The molecule has 0 spiro atoms. The molecule has 1 saturated heterocycles. The molecule has 2 aromatic heterocycles. The normalized spacial score (nSPS) is 15.2. The second-order valence-electron chi connectivity index (χ2n) is 7.85. The minimum absolute atomic E-state index is 0.0757. The fraction of sp³-hybridized carbons (Fsp3) is 0.435. The molecule has 0 saturated carbocycles. The largest absolute Gasteiger partial charge is 0.468 e. The van der Waals surface area contributed by atoms with Gasteiger partial charge in [-0.05, 0) is 62.4 Å². The summed E-state index contributed by atoms with van der Waals surface area (Å²) in [5.41, 5.74) is 0.835. The Kier molecular flexibility index (Phi) is 8.25. The lowest BCUT2D eigenvalue weighted by Crippen LogP contribution is -2.40. The highest BCUT2D eigenvalue weighted by atomic mass is 35.5. The highest BCUT2D eigenvalue weighted by Gasteiger charge is 2.25. The summed E-state index contributed by atoms with van der Waals surface area (Å²) < 4.78 is 10.7. The maximum atomic E-state index is 12.5. The molecule has 0 radical (unpaired) electrons. The maximum Gasteiger partial charge on any atom is 0.241 e. The van der Waals surface area contributed by atoms with Gasteiger partial charge in [0.05, 0.1) is 18.6 Å². The van der Waals surface area contributed by atoms with E-state index in [9.17, 15) is 4.79 Å². The summed E-state index contributed by atoms with van der Waals surface area (Å²) in [5, 5.41) is 7.79. The van der Waals surface area contributed by atoms with Gasteiger partial charge in [0.25, 0.3) is 0 Å². The van der Waals surface area contributed by atoms with Crippen molar-refractivity contribution < 1.29 is 13.7 Å². The molecule has 1 fully saturated rings. The number of hydrogen-bond donors (Lipinski definition) is 1. The first kappa shape index (κ1) is 22.9. The number of piperidine rings is 1. The molecule has 3 heterocycles. The highest BCUT2D eigenvalue weighted by molar-refractivity contribution is 7.98. The summed E-state index contributed by atoms with van der Waals surface area (Å²) in [5.74, 6) is 4.23. The smallest absolute Gasteiger partial charge is 0.241 e. The molecule has 0 aliphatic carbocycles. The van der Waals surface area contributed by atoms with E-state index in [2.05, 4.69) is 20.4 Å². The summed E-state index contributed by atoms with van der Waals surface area (Å²) in [6, 6.07) is 11.3. The van der Waals surface area contributed by atoms with Crippen LogP contribution in [-0.2, 0) is 17.1 Å². The molecule has 1 aliphatic rings. The average Bonchev–Trinajstić information content (AvgIpc) is 3.49. The number of carbonyl (C=O) groups is 1. The molecule has 1 aliphatic heterocycles. The number of rotatable bonds is 10. The topological polar surface area (TPSA) is 84.4 Å². The number of aromatic nitrogens is 2. The molecule has 9 heteroatoms. The number of benzene rings is 1.